The molecule has 0 unspecified atom stereocenters. The monoisotopic (exact) mass is 349 g/mol. The van der Waals surface area contributed by atoms with Gasteiger partial charge in [0.15, 0.2) is 6.10 Å². The summed E-state index contributed by atoms with van der Waals surface area (Å²) in [5.74, 6) is 0.230. The molecule has 1 aliphatic heterocycles. The van der Waals surface area contributed by atoms with Crippen LogP contribution in [-0.2, 0) is 9.53 Å². The largest absolute Gasteiger partial charge is 0.489 e. The summed E-state index contributed by atoms with van der Waals surface area (Å²) in [5.41, 5.74) is 6.41. The maximum Gasteiger partial charge on any atom is 0.317 e. The molecule has 7 nitrogen and oxygen atoms in total. The van der Waals surface area contributed by atoms with Crippen molar-refractivity contribution in [1.82, 2.24) is 10.2 Å². The summed E-state index contributed by atoms with van der Waals surface area (Å²) < 4.78 is 11.4. The molecule has 3 amide bonds. The van der Waals surface area contributed by atoms with E-state index in [1.165, 1.54) is 0 Å². The zero-order chi connectivity index (χ0) is 18.4. The Kier molecular flexibility index (Phi) is 6.64. The average molecular weight is 349 g/mol. The fourth-order valence-corrected chi connectivity index (χ4v) is 2.74. The fourth-order valence-electron chi connectivity index (χ4n) is 2.74. The van der Waals surface area contributed by atoms with Gasteiger partial charge in [0, 0.05) is 6.54 Å². The number of hydrogen-bond donors (Lipinski definition) is 2. The van der Waals surface area contributed by atoms with Crippen LogP contribution >= 0.6 is 0 Å². The van der Waals surface area contributed by atoms with E-state index in [1.807, 2.05) is 45.0 Å². The van der Waals surface area contributed by atoms with E-state index in [2.05, 4.69) is 5.32 Å². The Morgan fingerprint density at radius 1 is 1.44 bits per heavy atom. The lowest BCUT2D eigenvalue weighted by atomic mass is 10.2. The molecule has 25 heavy (non-hydrogen) atoms. The molecule has 0 aliphatic carbocycles. The zero-order valence-corrected chi connectivity index (χ0v) is 15.0. The van der Waals surface area contributed by atoms with Crippen molar-refractivity contribution < 1.29 is 19.1 Å². The van der Waals surface area contributed by atoms with E-state index in [0.29, 0.717) is 13.1 Å². The first-order valence-electron chi connectivity index (χ1n) is 8.60. The van der Waals surface area contributed by atoms with Crippen molar-refractivity contribution in [2.75, 3.05) is 19.6 Å². The van der Waals surface area contributed by atoms with Crippen LogP contribution in [0.5, 0.6) is 5.75 Å². The van der Waals surface area contributed by atoms with Gasteiger partial charge in [0.25, 0.3) is 0 Å². The van der Waals surface area contributed by atoms with Crippen molar-refractivity contribution in [2.24, 2.45) is 5.73 Å². The highest BCUT2D eigenvalue weighted by Gasteiger charge is 2.31. The molecule has 7 heteroatoms. The Labute approximate surface area is 148 Å². The lowest BCUT2D eigenvalue weighted by Gasteiger charge is -2.35. The normalized spacial score (nSPS) is 21.5. The topological polar surface area (TPSA) is 93.9 Å². The molecule has 2 rings (SSSR count). The minimum absolute atomic E-state index is 0.129. The second-order valence-corrected chi connectivity index (χ2v) is 6.39. The van der Waals surface area contributed by atoms with Crippen LogP contribution in [0.2, 0.25) is 0 Å². The van der Waals surface area contributed by atoms with Crippen molar-refractivity contribution in [2.45, 2.75) is 45.5 Å². The van der Waals surface area contributed by atoms with Crippen molar-refractivity contribution in [3.05, 3.63) is 29.8 Å². The number of urea groups is 1. The second kappa shape index (κ2) is 8.71. The van der Waals surface area contributed by atoms with Gasteiger partial charge in [0.05, 0.1) is 19.2 Å². The molecule has 0 radical (unpaired) electrons. The van der Waals surface area contributed by atoms with E-state index in [-0.39, 0.29) is 24.8 Å². The third-order valence-electron chi connectivity index (χ3n) is 4.09. The van der Waals surface area contributed by atoms with Crippen molar-refractivity contribution in [3.8, 4) is 5.75 Å². The van der Waals surface area contributed by atoms with Crippen LogP contribution in [0.4, 0.5) is 4.79 Å². The van der Waals surface area contributed by atoms with Crippen LogP contribution in [0.1, 0.15) is 25.8 Å². The van der Waals surface area contributed by atoms with Gasteiger partial charge in [0.1, 0.15) is 11.9 Å². The van der Waals surface area contributed by atoms with Crippen LogP contribution in [0, 0.1) is 6.92 Å². The third-order valence-corrected chi connectivity index (χ3v) is 4.09. The lowest BCUT2D eigenvalue weighted by Crippen LogP contribution is -2.56. The Morgan fingerprint density at radius 2 is 2.20 bits per heavy atom. The molecule has 1 aliphatic rings. The maximum absolute atomic E-state index is 12.4. The van der Waals surface area contributed by atoms with Gasteiger partial charge in [-0.05, 0) is 38.0 Å². The van der Waals surface area contributed by atoms with Crippen LogP contribution in [-0.4, -0.2) is 54.8 Å². The highest BCUT2D eigenvalue weighted by Crippen LogP contribution is 2.15. The number of aryl methyl sites for hydroxylation is 1. The highest BCUT2D eigenvalue weighted by molar-refractivity contribution is 5.81. The number of morpholine rings is 1. The Hall–Kier alpha value is -2.28. The van der Waals surface area contributed by atoms with Crippen LogP contribution < -0.4 is 15.8 Å². The molecular formula is C18H27N3O4. The number of nitrogens with zero attached hydrogens (tertiary/aromatic N) is 1. The maximum atomic E-state index is 12.4. The molecule has 1 heterocycles. The van der Waals surface area contributed by atoms with Gasteiger partial charge in [0.2, 0.25) is 5.91 Å². The number of nitrogens with one attached hydrogen (secondary N) is 1. The number of ether oxygens (including phenoxy) is 2. The van der Waals surface area contributed by atoms with Crippen LogP contribution in [0.3, 0.4) is 0 Å². The Morgan fingerprint density at radius 3 is 2.84 bits per heavy atom. The standard InChI is InChI=1S/C18H27N3O4/c1-4-14(25-15-7-5-6-12(2)8-15)9-20-18(23)21-10-13(3)24-16(11-21)17(19)22/h5-8,13-14,16H,4,9-11H2,1-3H3,(H2,19,22)(H,20,23)/t13-,14+,16-/m1/s1. The van der Waals surface area contributed by atoms with Gasteiger partial charge < -0.3 is 25.4 Å². The summed E-state index contributed by atoms with van der Waals surface area (Å²) in [6, 6.07) is 7.57. The van der Waals surface area contributed by atoms with Crippen molar-refractivity contribution in [1.29, 1.82) is 0 Å². The fraction of sp³-hybridized carbons (Fsp3) is 0.556. The van der Waals surface area contributed by atoms with E-state index in [9.17, 15) is 9.59 Å². The first-order valence-corrected chi connectivity index (χ1v) is 8.60. The molecule has 1 fully saturated rings. The van der Waals surface area contributed by atoms with Crippen LogP contribution in [0.25, 0.3) is 0 Å². The molecule has 3 atom stereocenters. The summed E-state index contributed by atoms with van der Waals surface area (Å²) in [6.45, 7) is 6.80. The van der Waals surface area contributed by atoms with Crippen LogP contribution in [0.15, 0.2) is 24.3 Å². The Bertz CT molecular complexity index is 608. The molecule has 3 N–H and O–H groups in total. The molecule has 0 aromatic heterocycles. The highest BCUT2D eigenvalue weighted by atomic mass is 16.5. The summed E-state index contributed by atoms with van der Waals surface area (Å²) in [5, 5.41) is 2.87. The van der Waals surface area contributed by atoms with Gasteiger partial charge in [-0.15, -0.1) is 0 Å². The van der Waals surface area contributed by atoms with Gasteiger partial charge in [-0.2, -0.15) is 0 Å². The number of primary amides is 1. The molecule has 1 aromatic rings. The number of rotatable bonds is 6. The number of benzene rings is 1. The number of amides is 3. The van der Waals surface area contributed by atoms with Gasteiger partial charge >= 0.3 is 6.03 Å². The Balaban J connectivity index is 1.87. The summed E-state index contributed by atoms with van der Waals surface area (Å²) >= 11 is 0. The number of nitrogens with two attached hydrogens (primary N) is 1. The molecular weight excluding hydrogens is 322 g/mol. The third kappa shape index (κ3) is 5.63. The molecule has 0 spiro atoms. The van der Waals surface area contributed by atoms with E-state index >= 15 is 0 Å². The van der Waals surface area contributed by atoms with Gasteiger partial charge in [-0.25, -0.2) is 4.79 Å². The quantitative estimate of drug-likeness (QED) is 0.812. The first-order chi connectivity index (χ1) is 11.9. The van der Waals surface area contributed by atoms with E-state index in [4.69, 9.17) is 15.2 Å². The summed E-state index contributed by atoms with van der Waals surface area (Å²) in [4.78, 5) is 25.3. The number of carbonyl (C=O) groups is 2. The lowest BCUT2D eigenvalue weighted by molar-refractivity contribution is -0.139. The van der Waals surface area contributed by atoms with E-state index < -0.39 is 12.0 Å². The summed E-state index contributed by atoms with van der Waals surface area (Å²) in [6.07, 6.45) is -0.365. The molecule has 1 aromatic carbocycles. The zero-order valence-electron chi connectivity index (χ0n) is 15.0. The molecule has 0 bridgehead atoms. The number of carbonyl (C=O) groups excluding carboxylic acids is 2. The van der Waals surface area contributed by atoms with E-state index in [0.717, 1.165) is 17.7 Å². The molecule has 138 valence electrons. The predicted molar refractivity (Wildman–Crippen MR) is 94.4 cm³/mol. The van der Waals surface area contributed by atoms with Gasteiger partial charge in [-0.1, -0.05) is 19.1 Å². The minimum Gasteiger partial charge on any atom is -0.489 e. The average Bonchev–Trinajstić information content (AvgIpc) is 2.57. The second-order valence-electron chi connectivity index (χ2n) is 6.39. The van der Waals surface area contributed by atoms with Crippen molar-refractivity contribution >= 4 is 11.9 Å². The van der Waals surface area contributed by atoms with E-state index in [1.54, 1.807) is 4.90 Å². The SMILES string of the molecule is CC[C@@H](CNC(=O)N1C[C@@H](C)O[C@@H](C(N)=O)C1)Oc1cccc(C)c1. The smallest absolute Gasteiger partial charge is 0.317 e. The van der Waals surface area contributed by atoms with Gasteiger partial charge in [-0.3, -0.25) is 4.79 Å². The minimum atomic E-state index is -0.764. The number of hydrogen-bond acceptors (Lipinski definition) is 4. The molecule has 0 saturated carbocycles. The molecule has 1 saturated heterocycles. The summed E-state index contributed by atoms with van der Waals surface area (Å²) in [7, 11) is 0. The van der Waals surface area contributed by atoms with Crippen molar-refractivity contribution in [3.63, 3.8) is 0 Å². The predicted octanol–water partition coefficient (Wildman–Crippen LogP) is 1.44. The first kappa shape index (κ1) is 19.1.